The SMILES string of the molecule is Cc1ccc(-n2nc(C(C)(C)C)cc2NC(=O)Nc2ccc(OCc3ccnc(C(C)(C)C)c3C(C)(C)C)c3ccccc23)cc1. The maximum atomic E-state index is 13.5. The van der Waals surface area contributed by atoms with Crippen LogP contribution in [0.1, 0.15) is 90.4 Å². The van der Waals surface area contributed by atoms with Crippen molar-refractivity contribution >= 4 is 28.3 Å². The first kappa shape index (κ1) is 32.7. The van der Waals surface area contributed by atoms with Gasteiger partial charge in [-0.1, -0.05) is 104 Å². The Hall–Kier alpha value is -4.65. The van der Waals surface area contributed by atoms with Crippen LogP contribution in [0.5, 0.6) is 5.75 Å². The van der Waals surface area contributed by atoms with Crippen LogP contribution in [0.4, 0.5) is 16.3 Å². The van der Waals surface area contributed by atoms with E-state index in [0.29, 0.717) is 18.1 Å². The number of amides is 2. The van der Waals surface area contributed by atoms with Gasteiger partial charge in [0.05, 0.1) is 17.1 Å². The van der Waals surface area contributed by atoms with Crippen LogP contribution in [0.3, 0.4) is 0 Å². The molecule has 0 aliphatic heterocycles. The number of aromatic nitrogens is 3. The third-order valence-corrected chi connectivity index (χ3v) is 8.01. The second-order valence-electron chi connectivity index (χ2n) is 15.1. The van der Waals surface area contributed by atoms with Crippen LogP contribution in [0, 0.1) is 6.92 Å². The van der Waals surface area contributed by atoms with E-state index in [2.05, 4.69) is 79.0 Å². The van der Waals surface area contributed by atoms with Crippen LogP contribution in [-0.4, -0.2) is 20.8 Å². The lowest BCUT2D eigenvalue weighted by Crippen LogP contribution is -2.26. The van der Waals surface area contributed by atoms with Crippen LogP contribution in [0.2, 0.25) is 0 Å². The van der Waals surface area contributed by atoms with Gasteiger partial charge in [-0.25, -0.2) is 9.48 Å². The molecule has 2 aromatic heterocycles. The second kappa shape index (κ2) is 12.3. The summed E-state index contributed by atoms with van der Waals surface area (Å²) in [6.45, 7) is 22.0. The molecule has 0 spiro atoms. The summed E-state index contributed by atoms with van der Waals surface area (Å²) in [7, 11) is 0. The van der Waals surface area contributed by atoms with E-state index in [0.717, 1.165) is 44.7 Å². The Labute approximate surface area is 273 Å². The van der Waals surface area contributed by atoms with Crippen LogP contribution in [-0.2, 0) is 22.9 Å². The fourth-order valence-electron chi connectivity index (χ4n) is 5.68. The average molecular weight is 618 g/mol. The maximum absolute atomic E-state index is 13.5. The Morgan fingerprint density at radius 2 is 1.46 bits per heavy atom. The molecule has 2 heterocycles. The molecule has 2 N–H and O–H groups in total. The Balaban J connectivity index is 1.41. The number of rotatable bonds is 6. The zero-order chi connectivity index (χ0) is 33.4. The molecule has 2 amide bonds. The highest BCUT2D eigenvalue weighted by Gasteiger charge is 2.29. The van der Waals surface area contributed by atoms with Crippen LogP contribution in [0.15, 0.2) is 79.0 Å². The summed E-state index contributed by atoms with van der Waals surface area (Å²) < 4.78 is 8.29. The Morgan fingerprint density at radius 3 is 2.09 bits per heavy atom. The van der Waals surface area contributed by atoms with Crippen molar-refractivity contribution in [2.24, 2.45) is 0 Å². The molecule has 46 heavy (non-hydrogen) atoms. The topological polar surface area (TPSA) is 81.1 Å². The summed E-state index contributed by atoms with van der Waals surface area (Å²) in [4.78, 5) is 18.2. The molecule has 7 nitrogen and oxygen atoms in total. The van der Waals surface area contributed by atoms with Gasteiger partial charge in [0.15, 0.2) is 0 Å². The van der Waals surface area contributed by atoms with Crippen molar-refractivity contribution in [2.75, 3.05) is 10.6 Å². The number of benzene rings is 3. The number of hydrogen-bond acceptors (Lipinski definition) is 4. The van der Waals surface area contributed by atoms with Gasteiger partial charge >= 0.3 is 6.03 Å². The Morgan fingerprint density at radius 1 is 0.783 bits per heavy atom. The van der Waals surface area contributed by atoms with E-state index in [9.17, 15) is 4.79 Å². The summed E-state index contributed by atoms with van der Waals surface area (Å²) in [5.74, 6) is 1.35. The Kier molecular flexibility index (Phi) is 8.73. The number of nitrogens with zero attached hydrogens (tertiary/aromatic N) is 3. The van der Waals surface area contributed by atoms with Gasteiger partial charge in [0.2, 0.25) is 0 Å². The monoisotopic (exact) mass is 617 g/mol. The summed E-state index contributed by atoms with van der Waals surface area (Å²) in [6, 6.07) is 23.5. The lowest BCUT2D eigenvalue weighted by Gasteiger charge is -2.31. The standard InChI is InChI=1S/C39H47N5O2/c1-25-15-17-27(18-16-25)44-33(23-32(43-44)37(2,3)4)42-36(45)41-30-19-20-31(29-14-12-11-13-28(29)30)46-24-26-21-22-40-35(39(8,9)10)34(26)38(5,6)7/h11-23H,24H2,1-10H3,(H2,41,42,45). The second-order valence-corrected chi connectivity index (χ2v) is 15.1. The number of anilines is 2. The normalized spacial score (nSPS) is 12.3. The van der Waals surface area contributed by atoms with E-state index in [1.165, 1.54) is 5.56 Å². The number of carbonyl (C=O) groups is 1. The van der Waals surface area contributed by atoms with E-state index in [1.807, 2.05) is 79.9 Å². The van der Waals surface area contributed by atoms with E-state index in [-0.39, 0.29) is 22.3 Å². The fraction of sp³-hybridized carbons (Fsp3) is 0.359. The molecule has 7 heteroatoms. The predicted molar refractivity (Wildman–Crippen MR) is 190 cm³/mol. The molecular formula is C39H47N5O2. The van der Waals surface area contributed by atoms with Gasteiger partial charge in [0.1, 0.15) is 18.2 Å². The van der Waals surface area contributed by atoms with E-state index < -0.39 is 0 Å². The highest BCUT2D eigenvalue weighted by Crippen LogP contribution is 2.37. The van der Waals surface area contributed by atoms with Gasteiger partial charge in [-0.15, -0.1) is 0 Å². The average Bonchev–Trinajstić information content (AvgIpc) is 3.40. The minimum absolute atomic E-state index is 0.0919. The first-order valence-electron chi connectivity index (χ1n) is 15.9. The number of urea groups is 1. The lowest BCUT2D eigenvalue weighted by molar-refractivity contribution is 0.262. The van der Waals surface area contributed by atoms with E-state index >= 15 is 0 Å². The lowest BCUT2D eigenvalue weighted by atomic mass is 9.76. The van der Waals surface area contributed by atoms with Crippen LogP contribution in [0.25, 0.3) is 16.5 Å². The van der Waals surface area contributed by atoms with Gasteiger partial charge in [-0.3, -0.25) is 10.3 Å². The molecule has 5 rings (SSSR count). The first-order chi connectivity index (χ1) is 21.5. The quantitative estimate of drug-likeness (QED) is 0.199. The van der Waals surface area contributed by atoms with Gasteiger partial charge in [-0.05, 0) is 53.8 Å². The minimum Gasteiger partial charge on any atom is -0.488 e. The Bertz CT molecular complexity index is 1870. The number of pyridine rings is 1. The van der Waals surface area contributed by atoms with Crippen LogP contribution >= 0.6 is 0 Å². The number of carbonyl (C=O) groups excluding carboxylic acids is 1. The van der Waals surface area contributed by atoms with Crippen LogP contribution < -0.4 is 15.4 Å². The van der Waals surface area contributed by atoms with E-state index in [1.54, 1.807) is 4.68 Å². The molecular weight excluding hydrogens is 570 g/mol. The summed E-state index contributed by atoms with van der Waals surface area (Å²) >= 11 is 0. The van der Waals surface area contributed by atoms with Crippen molar-refractivity contribution in [3.63, 3.8) is 0 Å². The molecule has 0 aliphatic rings. The molecule has 0 unspecified atom stereocenters. The summed E-state index contributed by atoms with van der Waals surface area (Å²) in [6.07, 6.45) is 1.88. The van der Waals surface area contributed by atoms with Gasteiger partial charge < -0.3 is 10.1 Å². The molecule has 0 fully saturated rings. The third kappa shape index (κ3) is 7.09. The van der Waals surface area contributed by atoms with Crippen molar-refractivity contribution in [3.05, 3.63) is 107 Å². The number of ether oxygens (including phenoxy) is 1. The fourth-order valence-corrected chi connectivity index (χ4v) is 5.68. The van der Waals surface area contributed by atoms with Gasteiger partial charge in [-0.2, -0.15) is 5.10 Å². The molecule has 0 saturated heterocycles. The summed E-state index contributed by atoms with van der Waals surface area (Å²) in [5, 5.41) is 12.8. The predicted octanol–water partition coefficient (Wildman–Crippen LogP) is 9.84. The van der Waals surface area contributed by atoms with Crippen molar-refractivity contribution < 1.29 is 9.53 Å². The molecule has 0 radical (unpaired) electrons. The first-order valence-corrected chi connectivity index (χ1v) is 15.9. The van der Waals surface area contributed by atoms with Crippen molar-refractivity contribution in [3.8, 4) is 11.4 Å². The highest BCUT2D eigenvalue weighted by atomic mass is 16.5. The zero-order valence-electron chi connectivity index (χ0n) is 28.9. The summed E-state index contributed by atoms with van der Waals surface area (Å²) in [5.41, 5.74) is 6.67. The van der Waals surface area contributed by atoms with E-state index in [4.69, 9.17) is 14.8 Å². The smallest absolute Gasteiger partial charge is 0.324 e. The minimum atomic E-state index is -0.353. The van der Waals surface area contributed by atoms with Gasteiger partial charge in [0.25, 0.3) is 0 Å². The molecule has 0 saturated carbocycles. The third-order valence-electron chi connectivity index (χ3n) is 8.01. The number of nitrogens with one attached hydrogen (secondary N) is 2. The van der Waals surface area contributed by atoms with Gasteiger partial charge in [0, 0.05) is 39.6 Å². The van der Waals surface area contributed by atoms with Crippen molar-refractivity contribution in [1.82, 2.24) is 14.8 Å². The van der Waals surface area contributed by atoms with Crippen molar-refractivity contribution in [2.45, 2.75) is 92.1 Å². The van der Waals surface area contributed by atoms with Crippen molar-refractivity contribution in [1.29, 1.82) is 0 Å². The largest absolute Gasteiger partial charge is 0.488 e. The maximum Gasteiger partial charge on any atom is 0.324 e. The molecule has 0 aliphatic carbocycles. The molecule has 5 aromatic rings. The number of hydrogen-bond donors (Lipinski definition) is 2. The zero-order valence-corrected chi connectivity index (χ0v) is 28.9. The molecule has 0 bridgehead atoms. The number of aryl methyl sites for hydroxylation is 1. The molecule has 3 aromatic carbocycles. The number of fused-ring (bicyclic) bond motifs is 1. The molecule has 0 atom stereocenters. The molecule has 240 valence electrons. The highest BCUT2D eigenvalue weighted by molar-refractivity contribution is 6.07.